The molecule has 1 amide bonds. The van der Waals surface area contributed by atoms with Crippen molar-refractivity contribution in [2.24, 2.45) is 0 Å². The summed E-state index contributed by atoms with van der Waals surface area (Å²) in [6.07, 6.45) is 1.41. The van der Waals surface area contributed by atoms with Crippen molar-refractivity contribution in [3.05, 3.63) is 41.7 Å². The van der Waals surface area contributed by atoms with Crippen LogP contribution < -0.4 is 5.32 Å². The van der Waals surface area contributed by atoms with Crippen LogP contribution in [0.4, 0.5) is 4.39 Å². The van der Waals surface area contributed by atoms with Gasteiger partial charge in [-0.2, -0.15) is 0 Å². The minimum Gasteiger partial charge on any atom is -0.355 e. The SMILES string of the molecule is C=Cc1ccc(C(=O)NC)cc1F. The molecule has 3 heteroatoms. The number of carbonyl (C=O) groups is 1. The minimum atomic E-state index is -0.434. The molecule has 1 rings (SSSR count). The molecule has 0 bridgehead atoms. The molecule has 68 valence electrons. The van der Waals surface area contributed by atoms with Gasteiger partial charge in [0.15, 0.2) is 0 Å². The highest BCUT2D eigenvalue weighted by molar-refractivity contribution is 5.94. The average molecular weight is 179 g/mol. The van der Waals surface area contributed by atoms with Gasteiger partial charge in [0, 0.05) is 18.2 Å². The zero-order valence-electron chi connectivity index (χ0n) is 7.30. The van der Waals surface area contributed by atoms with Crippen molar-refractivity contribution >= 4 is 12.0 Å². The van der Waals surface area contributed by atoms with E-state index in [1.54, 1.807) is 6.07 Å². The maximum absolute atomic E-state index is 13.1. The first kappa shape index (κ1) is 9.45. The molecule has 0 heterocycles. The van der Waals surface area contributed by atoms with Crippen LogP contribution in [0.2, 0.25) is 0 Å². The molecule has 13 heavy (non-hydrogen) atoms. The van der Waals surface area contributed by atoms with Gasteiger partial charge < -0.3 is 5.32 Å². The van der Waals surface area contributed by atoms with Gasteiger partial charge in [0.05, 0.1) is 0 Å². The van der Waals surface area contributed by atoms with Crippen LogP contribution in [0.25, 0.3) is 6.08 Å². The van der Waals surface area contributed by atoms with Crippen LogP contribution in [0.5, 0.6) is 0 Å². The maximum atomic E-state index is 13.1. The number of amides is 1. The van der Waals surface area contributed by atoms with Crippen LogP contribution in [-0.4, -0.2) is 13.0 Å². The number of hydrogen-bond donors (Lipinski definition) is 1. The zero-order chi connectivity index (χ0) is 9.84. The average Bonchev–Trinajstić information content (AvgIpc) is 2.16. The van der Waals surface area contributed by atoms with E-state index in [1.165, 1.54) is 25.3 Å². The maximum Gasteiger partial charge on any atom is 0.251 e. The van der Waals surface area contributed by atoms with Gasteiger partial charge >= 0.3 is 0 Å². The Bertz CT molecular complexity index is 347. The molecular weight excluding hydrogens is 169 g/mol. The fraction of sp³-hybridized carbons (Fsp3) is 0.100. The van der Waals surface area contributed by atoms with Gasteiger partial charge in [0.1, 0.15) is 5.82 Å². The summed E-state index contributed by atoms with van der Waals surface area (Å²) in [7, 11) is 1.50. The molecule has 0 aliphatic rings. The molecule has 0 radical (unpaired) electrons. The van der Waals surface area contributed by atoms with Crippen LogP contribution in [0.3, 0.4) is 0 Å². The van der Waals surface area contributed by atoms with E-state index in [4.69, 9.17) is 0 Å². The minimum absolute atomic E-state index is 0.297. The van der Waals surface area contributed by atoms with Crippen molar-refractivity contribution in [2.75, 3.05) is 7.05 Å². The van der Waals surface area contributed by atoms with Crippen molar-refractivity contribution in [1.29, 1.82) is 0 Å². The lowest BCUT2D eigenvalue weighted by Crippen LogP contribution is -2.17. The summed E-state index contributed by atoms with van der Waals surface area (Å²) in [6.45, 7) is 3.45. The largest absolute Gasteiger partial charge is 0.355 e. The molecular formula is C10H10FNO. The third-order valence-electron chi connectivity index (χ3n) is 1.71. The van der Waals surface area contributed by atoms with Gasteiger partial charge in [0.2, 0.25) is 0 Å². The third kappa shape index (κ3) is 1.93. The van der Waals surface area contributed by atoms with Crippen LogP contribution in [0.1, 0.15) is 15.9 Å². The summed E-state index contributed by atoms with van der Waals surface area (Å²) in [5.74, 6) is -0.731. The fourth-order valence-corrected chi connectivity index (χ4v) is 0.978. The van der Waals surface area contributed by atoms with E-state index in [1.807, 2.05) is 0 Å². The van der Waals surface area contributed by atoms with Crippen molar-refractivity contribution in [3.8, 4) is 0 Å². The standard InChI is InChI=1S/C10H10FNO/c1-3-7-4-5-8(6-9(7)11)10(13)12-2/h3-6H,1H2,2H3,(H,12,13). The Kier molecular flexibility index (Phi) is 2.80. The van der Waals surface area contributed by atoms with Gasteiger partial charge in [-0.3, -0.25) is 4.79 Å². The first-order valence-electron chi connectivity index (χ1n) is 3.83. The number of nitrogens with one attached hydrogen (secondary N) is 1. The molecule has 0 aliphatic carbocycles. The Morgan fingerprint density at radius 1 is 1.62 bits per heavy atom. The lowest BCUT2D eigenvalue weighted by atomic mass is 10.1. The topological polar surface area (TPSA) is 29.1 Å². The van der Waals surface area contributed by atoms with E-state index in [2.05, 4.69) is 11.9 Å². The second-order valence-electron chi connectivity index (χ2n) is 2.52. The summed E-state index contributed by atoms with van der Waals surface area (Å²) < 4.78 is 13.1. The van der Waals surface area contributed by atoms with Crippen LogP contribution >= 0.6 is 0 Å². The lowest BCUT2D eigenvalue weighted by Gasteiger charge is -2.01. The molecule has 0 saturated heterocycles. The van der Waals surface area contributed by atoms with E-state index >= 15 is 0 Å². The number of halogens is 1. The van der Waals surface area contributed by atoms with Gasteiger partial charge in [-0.15, -0.1) is 0 Å². The quantitative estimate of drug-likeness (QED) is 0.737. The molecule has 1 aromatic rings. The van der Waals surface area contributed by atoms with Crippen LogP contribution in [0.15, 0.2) is 24.8 Å². The summed E-state index contributed by atoms with van der Waals surface area (Å²) in [5, 5.41) is 2.41. The number of benzene rings is 1. The molecule has 1 N–H and O–H groups in total. The van der Waals surface area contributed by atoms with Gasteiger partial charge in [-0.25, -0.2) is 4.39 Å². The Balaban J connectivity index is 3.09. The molecule has 0 spiro atoms. The Hall–Kier alpha value is -1.64. The molecule has 0 unspecified atom stereocenters. The Morgan fingerprint density at radius 3 is 2.77 bits per heavy atom. The van der Waals surface area contributed by atoms with E-state index < -0.39 is 5.82 Å². The van der Waals surface area contributed by atoms with E-state index in [9.17, 15) is 9.18 Å². The summed E-state index contributed by atoms with van der Waals surface area (Å²) in [5.41, 5.74) is 0.707. The summed E-state index contributed by atoms with van der Waals surface area (Å²) in [6, 6.07) is 4.27. The van der Waals surface area contributed by atoms with Crippen molar-refractivity contribution in [1.82, 2.24) is 5.32 Å². The first-order valence-corrected chi connectivity index (χ1v) is 3.83. The lowest BCUT2D eigenvalue weighted by molar-refractivity contribution is 0.0962. The van der Waals surface area contributed by atoms with E-state index in [0.29, 0.717) is 11.1 Å². The highest BCUT2D eigenvalue weighted by Crippen LogP contribution is 2.11. The second kappa shape index (κ2) is 3.85. The van der Waals surface area contributed by atoms with Gasteiger partial charge in [-0.05, 0) is 12.1 Å². The Morgan fingerprint density at radius 2 is 2.31 bits per heavy atom. The zero-order valence-corrected chi connectivity index (χ0v) is 7.30. The van der Waals surface area contributed by atoms with Crippen LogP contribution in [-0.2, 0) is 0 Å². The van der Waals surface area contributed by atoms with E-state index in [-0.39, 0.29) is 5.91 Å². The molecule has 0 fully saturated rings. The van der Waals surface area contributed by atoms with E-state index in [0.717, 1.165) is 0 Å². The van der Waals surface area contributed by atoms with Gasteiger partial charge in [0.25, 0.3) is 5.91 Å². The fourth-order valence-electron chi connectivity index (χ4n) is 0.978. The van der Waals surface area contributed by atoms with Crippen molar-refractivity contribution in [3.63, 3.8) is 0 Å². The smallest absolute Gasteiger partial charge is 0.251 e. The molecule has 2 nitrogen and oxygen atoms in total. The summed E-state index contributed by atoms with van der Waals surface area (Å²) >= 11 is 0. The predicted octanol–water partition coefficient (Wildman–Crippen LogP) is 1.83. The third-order valence-corrected chi connectivity index (χ3v) is 1.71. The second-order valence-corrected chi connectivity index (χ2v) is 2.52. The molecule has 0 saturated carbocycles. The van der Waals surface area contributed by atoms with Crippen molar-refractivity contribution < 1.29 is 9.18 Å². The Labute approximate surface area is 76.1 Å². The molecule has 0 aliphatic heterocycles. The molecule has 0 atom stereocenters. The highest BCUT2D eigenvalue weighted by Gasteiger charge is 2.05. The van der Waals surface area contributed by atoms with Gasteiger partial charge in [-0.1, -0.05) is 18.7 Å². The summed E-state index contributed by atoms with van der Waals surface area (Å²) in [4.78, 5) is 11.1. The number of carbonyl (C=O) groups excluding carboxylic acids is 1. The van der Waals surface area contributed by atoms with Crippen molar-refractivity contribution in [2.45, 2.75) is 0 Å². The van der Waals surface area contributed by atoms with Crippen LogP contribution in [0, 0.1) is 5.82 Å². The number of rotatable bonds is 2. The normalized spacial score (nSPS) is 9.38. The molecule has 1 aromatic carbocycles. The number of hydrogen-bond acceptors (Lipinski definition) is 1. The monoisotopic (exact) mass is 179 g/mol. The first-order chi connectivity index (χ1) is 6.19. The highest BCUT2D eigenvalue weighted by atomic mass is 19.1. The molecule has 0 aromatic heterocycles. The predicted molar refractivity (Wildman–Crippen MR) is 49.9 cm³/mol.